The van der Waals surface area contributed by atoms with Crippen molar-refractivity contribution < 1.29 is 8.42 Å². The summed E-state index contributed by atoms with van der Waals surface area (Å²) >= 11 is 6.13. The molecule has 1 fully saturated rings. The van der Waals surface area contributed by atoms with Crippen molar-refractivity contribution in [3.63, 3.8) is 0 Å². The Labute approximate surface area is 177 Å². The van der Waals surface area contributed by atoms with Crippen LogP contribution in [0.1, 0.15) is 24.0 Å². The summed E-state index contributed by atoms with van der Waals surface area (Å²) in [5.74, 6) is 0.566. The maximum absolute atomic E-state index is 12.2. The molecular weight excluding hydrogens is 408 g/mol. The monoisotopic (exact) mass is 434 g/mol. The third-order valence-electron chi connectivity index (χ3n) is 5.11. The molecule has 0 aliphatic heterocycles. The fraction of sp³-hybridized carbons (Fsp3) is 0.381. The van der Waals surface area contributed by atoms with Crippen LogP contribution in [0.25, 0.3) is 0 Å². The van der Waals surface area contributed by atoms with Crippen LogP contribution in [0.15, 0.2) is 59.6 Å². The first-order chi connectivity index (χ1) is 13.9. The highest BCUT2D eigenvalue weighted by Crippen LogP contribution is 2.48. The van der Waals surface area contributed by atoms with Crippen molar-refractivity contribution in [2.24, 2.45) is 4.99 Å². The Morgan fingerprint density at radius 1 is 1.10 bits per heavy atom. The maximum atomic E-state index is 12.2. The van der Waals surface area contributed by atoms with Crippen molar-refractivity contribution in [1.29, 1.82) is 0 Å². The molecule has 2 aromatic rings. The van der Waals surface area contributed by atoms with Gasteiger partial charge in [0.25, 0.3) is 0 Å². The second-order valence-electron chi connectivity index (χ2n) is 7.27. The van der Waals surface area contributed by atoms with E-state index in [2.05, 4.69) is 26.4 Å². The molecule has 0 spiro atoms. The first kappa shape index (κ1) is 21.6. The van der Waals surface area contributed by atoms with Gasteiger partial charge in [-0.15, -0.1) is 0 Å². The van der Waals surface area contributed by atoms with E-state index in [-0.39, 0.29) is 24.3 Å². The fourth-order valence-corrected chi connectivity index (χ4v) is 4.27. The summed E-state index contributed by atoms with van der Waals surface area (Å²) in [6, 6.07) is 17.4. The molecule has 1 aliphatic carbocycles. The average molecular weight is 435 g/mol. The zero-order valence-corrected chi connectivity index (χ0v) is 18.1. The third-order valence-corrected chi connectivity index (χ3v) is 6.67. The minimum Gasteiger partial charge on any atom is -0.356 e. The number of rotatable bonds is 9. The van der Waals surface area contributed by atoms with Crippen LogP contribution >= 0.6 is 11.6 Å². The van der Waals surface area contributed by atoms with Crippen LogP contribution in [0.5, 0.6) is 0 Å². The van der Waals surface area contributed by atoms with Crippen molar-refractivity contribution >= 4 is 27.6 Å². The number of hydrogen-bond acceptors (Lipinski definition) is 3. The predicted molar refractivity (Wildman–Crippen MR) is 119 cm³/mol. The van der Waals surface area contributed by atoms with Gasteiger partial charge in [-0.1, -0.05) is 54.1 Å². The van der Waals surface area contributed by atoms with E-state index >= 15 is 0 Å². The van der Waals surface area contributed by atoms with Gasteiger partial charge in [-0.2, -0.15) is 0 Å². The summed E-state index contributed by atoms with van der Waals surface area (Å²) in [7, 11) is -1.70. The van der Waals surface area contributed by atoms with Crippen molar-refractivity contribution in [2.45, 2.75) is 24.8 Å². The standard InChI is InChI=1S/C21H27ClN4O2S/c1-23-20(25-16-21(10-11-21)18-8-5-9-19(22)14-18)24-12-13-29(27,28)26-15-17-6-3-2-4-7-17/h2-9,14,26H,10-13,15-16H2,1H3,(H2,23,24,25). The molecule has 29 heavy (non-hydrogen) atoms. The number of halogens is 1. The van der Waals surface area contributed by atoms with Gasteiger partial charge in [0.1, 0.15) is 0 Å². The van der Waals surface area contributed by atoms with Crippen molar-refractivity contribution in [3.8, 4) is 0 Å². The van der Waals surface area contributed by atoms with E-state index in [4.69, 9.17) is 11.6 Å². The van der Waals surface area contributed by atoms with E-state index in [0.717, 1.165) is 30.0 Å². The second-order valence-corrected chi connectivity index (χ2v) is 9.63. The van der Waals surface area contributed by atoms with E-state index < -0.39 is 10.0 Å². The highest BCUT2D eigenvalue weighted by molar-refractivity contribution is 7.89. The van der Waals surface area contributed by atoms with E-state index in [9.17, 15) is 8.42 Å². The lowest BCUT2D eigenvalue weighted by Crippen LogP contribution is -2.43. The quantitative estimate of drug-likeness (QED) is 0.418. The number of nitrogens with zero attached hydrogens (tertiary/aromatic N) is 1. The summed E-state index contributed by atoms with van der Waals surface area (Å²) in [5, 5.41) is 7.14. The highest BCUT2D eigenvalue weighted by atomic mass is 35.5. The SMILES string of the molecule is CN=C(NCCS(=O)(=O)NCc1ccccc1)NCC1(c2cccc(Cl)c2)CC1. The molecule has 0 aromatic heterocycles. The van der Waals surface area contributed by atoms with Gasteiger partial charge in [-0.25, -0.2) is 13.1 Å². The number of guanidine groups is 1. The fourth-order valence-electron chi connectivity index (χ4n) is 3.18. The van der Waals surface area contributed by atoms with Gasteiger partial charge in [-0.05, 0) is 36.1 Å². The lowest BCUT2D eigenvalue weighted by atomic mass is 9.96. The summed E-state index contributed by atoms with van der Waals surface area (Å²) in [5.41, 5.74) is 2.23. The largest absolute Gasteiger partial charge is 0.356 e. The van der Waals surface area contributed by atoms with E-state index in [1.54, 1.807) is 7.05 Å². The van der Waals surface area contributed by atoms with Crippen LogP contribution in [0.3, 0.4) is 0 Å². The minimum absolute atomic E-state index is 0.0278. The number of nitrogens with one attached hydrogen (secondary N) is 3. The van der Waals surface area contributed by atoms with Crippen LogP contribution < -0.4 is 15.4 Å². The molecule has 0 unspecified atom stereocenters. The summed E-state index contributed by atoms with van der Waals surface area (Å²) in [6.07, 6.45) is 2.18. The molecule has 1 saturated carbocycles. The topological polar surface area (TPSA) is 82.6 Å². The summed E-state index contributed by atoms with van der Waals surface area (Å²) in [4.78, 5) is 4.20. The average Bonchev–Trinajstić information content (AvgIpc) is 3.51. The van der Waals surface area contributed by atoms with Crippen molar-refractivity contribution in [1.82, 2.24) is 15.4 Å². The first-order valence-electron chi connectivity index (χ1n) is 9.64. The zero-order valence-electron chi connectivity index (χ0n) is 16.5. The first-order valence-corrected chi connectivity index (χ1v) is 11.7. The van der Waals surface area contributed by atoms with Crippen LogP contribution in [0.2, 0.25) is 5.02 Å². The third kappa shape index (κ3) is 6.45. The van der Waals surface area contributed by atoms with Gasteiger partial charge in [0.15, 0.2) is 5.96 Å². The zero-order chi connectivity index (χ0) is 20.7. The Hall–Kier alpha value is -2.09. The predicted octanol–water partition coefficient (Wildman–Crippen LogP) is 2.66. The van der Waals surface area contributed by atoms with Crippen molar-refractivity contribution in [3.05, 3.63) is 70.7 Å². The van der Waals surface area contributed by atoms with Gasteiger partial charge in [0.05, 0.1) is 5.75 Å². The van der Waals surface area contributed by atoms with Gasteiger partial charge in [0.2, 0.25) is 10.0 Å². The van der Waals surface area contributed by atoms with Crippen molar-refractivity contribution in [2.75, 3.05) is 25.9 Å². The molecule has 1 aliphatic rings. The Morgan fingerprint density at radius 3 is 2.52 bits per heavy atom. The van der Waals surface area contributed by atoms with Crippen LogP contribution in [0.4, 0.5) is 0 Å². The number of sulfonamides is 1. The second kappa shape index (κ2) is 9.61. The van der Waals surface area contributed by atoms with E-state index in [1.165, 1.54) is 5.56 Å². The maximum Gasteiger partial charge on any atom is 0.213 e. The molecule has 8 heteroatoms. The van der Waals surface area contributed by atoms with Crippen LogP contribution in [-0.4, -0.2) is 40.3 Å². The Balaban J connectivity index is 1.43. The molecule has 0 bridgehead atoms. The van der Waals surface area contributed by atoms with Crippen LogP contribution in [-0.2, 0) is 22.0 Å². The molecule has 6 nitrogen and oxygen atoms in total. The Bertz CT molecular complexity index is 944. The molecule has 3 N–H and O–H groups in total. The van der Waals surface area contributed by atoms with E-state index in [0.29, 0.717) is 5.96 Å². The number of benzene rings is 2. The van der Waals surface area contributed by atoms with Gasteiger partial charge in [-0.3, -0.25) is 4.99 Å². The highest BCUT2D eigenvalue weighted by Gasteiger charge is 2.44. The van der Waals surface area contributed by atoms with Gasteiger partial charge >= 0.3 is 0 Å². The summed E-state index contributed by atoms with van der Waals surface area (Å²) in [6.45, 7) is 1.29. The minimum atomic E-state index is -3.37. The molecule has 0 saturated heterocycles. The molecule has 2 aromatic carbocycles. The lowest BCUT2D eigenvalue weighted by molar-refractivity contribution is 0.579. The lowest BCUT2D eigenvalue weighted by Gasteiger charge is -2.19. The van der Waals surface area contributed by atoms with Gasteiger partial charge < -0.3 is 10.6 Å². The smallest absolute Gasteiger partial charge is 0.213 e. The molecule has 0 radical (unpaired) electrons. The number of hydrogen-bond donors (Lipinski definition) is 3. The molecular formula is C21H27ClN4O2S. The Morgan fingerprint density at radius 2 is 1.86 bits per heavy atom. The molecule has 0 heterocycles. The summed E-state index contributed by atoms with van der Waals surface area (Å²) < 4.78 is 27.0. The van der Waals surface area contributed by atoms with E-state index in [1.807, 2.05) is 48.5 Å². The molecule has 156 valence electrons. The molecule has 0 atom stereocenters. The molecule has 3 rings (SSSR count). The van der Waals surface area contributed by atoms with Gasteiger partial charge in [0, 0.05) is 37.1 Å². The number of aliphatic imine (C=N–C) groups is 1. The molecule has 0 amide bonds. The normalized spacial score (nSPS) is 15.7. The Kier molecular flexibility index (Phi) is 7.16. The van der Waals surface area contributed by atoms with Crippen LogP contribution in [0, 0.1) is 0 Å².